The number of nitrogens with two attached hydrogens (primary N) is 1. The van der Waals surface area contributed by atoms with E-state index < -0.39 is 0 Å². The Kier molecular flexibility index (Phi) is 5.04. The lowest BCUT2D eigenvalue weighted by Crippen LogP contribution is -2.27. The van der Waals surface area contributed by atoms with Crippen LogP contribution in [-0.2, 0) is 13.0 Å². The summed E-state index contributed by atoms with van der Waals surface area (Å²) in [5, 5.41) is 2.98. The number of aryl methyl sites for hydroxylation is 1. The van der Waals surface area contributed by atoms with Crippen molar-refractivity contribution >= 4 is 18.3 Å². The summed E-state index contributed by atoms with van der Waals surface area (Å²) >= 11 is 0. The van der Waals surface area contributed by atoms with E-state index in [9.17, 15) is 4.79 Å². The standard InChI is InChI=1S/C16H18N2O2.ClH/c17-8-14-7-13(10-20-14)16(19)18-9-12-6-5-11-3-1-2-4-15(11)12;/h1-4,7,10,12H,5-6,8-9,17H2,(H,18,19);1H. The monoisotopic (exact) mass is 306 g/mol. The zero-order chi connectivity index (χ0) is 13.9. The molecular formula is C16H19ClN2O2. The number of furan rings is 1. The Labute approximate surface area is 130 Å². The molecule has 1 aromatic carbocycles. The van der Waals surface area contributed by atoms with Gasteiger partial charge in [0.2, 0.25) is 0 Å². The normalized spacial score (nSPS) is 16.1. The van der Waals surface area contributed by atoms with Crippen LogP contribution in [0.3, 0.4) is 0 Å². The molecule has 3 N–H and O–H groups in total. The maximum absolute atomic E-state index is 12.0. The number of hydrogen-bond acceptors (Lipinski definition) is 3. The van der Waals surface area contributed by atoms with E-state index in [0.29, 0.717) is 30.3 Å². The van der Waals surface area contributed by atoms with Crippen LogP contribution in [0.25, 0.3) is 0 Å². The van der Waals surface area contributed by atoms with Gasteiger partial charge in [0.05, 0.1) is 12.1 Å². The number of carbonyl (C=O) groups is 1. The molecule has 4 nitrogen and oxygen atoms in total. The van der Waals surface area contributed by atoms with Crippen molar-refractivity contribution in [3.8, 4) is 0 Å². The minimum absolute atomic E-state index is 0. The van der Waals surface area contributed by atoms with Gasteiger partial charge in [0, 0.05) is 12.5 Å². The average Bonchev–Trinajstić information content (AvgIpc) is 3.11. The topological polar surface area (TPSA) is 68.3 Å². The average molecular weight is 307 g/mol. The summed E-state index contributed by atoms with van der Waals surface area (Å²) in [5.41, 5.74) is 8.77. The summed E-state index contributed by atoms with van der Waals surface area (Å²) in [6.07, 6.45) is 3.65. The van der Waals surface area contributed by atoms with E-state index in [4.69, 9.17) is 10.2 Å². The highest BCUT2D eigenvalue weighted by Crippen LogP contribution is 2.32. The lowest BCUT2D eigenvalue weighted by molar-refractivity contribution is 0.0950. The predicted molar refractivity (Wildman–Crippen MR) is 83.7 cm³/mol. The fourth-order valence-electron chi connectivity index (χ4n) is 2.78. The van der Waals surface area contributed by atoms with Crippen molar-refractivity contribution in [1.82, 2.24) is 5.32 Å². The van der Waals surface area contributed by atoms with Crippen molar-refractivity contribution in [2.45, 2.75) is 25.3 Å². The zero-order valence-electron chi connectivity index (χ0n) is 11.7. The van der Waals surface area contributed by atoms with Gasteiger partial charge in [-0.1, -0.05) is 24.3 Å². The van der Waals surface area contributed by atoms with Gasteiger partial charge in [0.25, 0.3) is 5.91 Å². The zero-order valence-corrected chi connectivity index (χ0v) is 12.5. The van der Waals surface area contributed by atoms with Crippen LogP contribution in [0.5, 0.6) is 0 Å². The molecule has 0 saturated carbocycles. The lowest BCUT2D eigenvalue weighted by Gasteiger charge is -2.12. The first-order valence-corrected chi connectivity index (χ1v) is 6.91. The minimum atomic E-state index is -0.0992. The van der Waals surface area contributed by atoms with Gasteiger partial charge in [-0.25, -0.2) is 0 Å². The van der Waals surface area contributed by atoms with Crippen molar-refractivity contribution in [3.63, 3.8) is 0 Å². The molecule has 1 heterocycles. The quantitative estimate of drug-likeness (QED) is 0.912. The van der Waals surface area contributed by atoms with Crippen LogP contribution >= 0.6 is 12.4 Å². The highest BCUT2D eigenvalue weighted by Gasteiger charge is 2.22. The number of carbonyl (C=O) groups excluding carboxylic acids is 1. The second kappa shape index (κ2) is 6.78. The van der Waals surface area contributed by atoms with E-state index in [1.165, 1.54) is 17.4 Å². The van der Waals surface area contributed by atoms with Gasteiger partial charge in [-0.2, -0.15) is 0 Å². The van der Waals surface area contributed by atoms with Gasteiger partial charge < -0.3 is 15.5 Å². The predicted octanol–water partition coefficient (Wildman–Crippen LogP) is 2.62. The molecule has 112 valence electrons. The van der Waals surface area contributed by atoms with E-state index in [2.05, 4.69) is 29.6 Å². The molecule has 0 fully saturated rings. The van der Waals surface area contributed by atoms with E-state index in [0.717, 1.165) is 12.8 Å². The molecule has 1 amide bonds. The smallest absolute Gasteiger partial charge is 0.254 e. The summed E-state index contributed by atoms with van der Waals surface area (Å²) < 4.78 is 5.18. The number of halogens is 1. The summed E-state index contributed by atoms with van der Waals surface area (Å²) in [5.74, 6) is 0.940. The maximum atomic E-state index is 12.0. The van der Waals surface area contributed by atoms with Crippen LogP contribution < -0.4 is 11.1 Å². The first-order chi connectivity index (χ1) is 9.78. The third kappa shape index (κ3) is 3.28. The molecule has 1 unspecified atom stereocenters. The van der Waals surface area contributed by atoms with Crippen molar-refractivity contribution in [1.29, 1.82) is 0 Å². The second-order valence-corrected chi connectivity index (χ2v) is 5.15. The Morgan fingerprint density at radius 2 is 2.19 bits per heavy atom. The molecule has 1 aliphatic rings. The Balaban J connectivity index is 0.00000161. The number of benzene rings is 1. The molecule has 1 atom stereocenters. The van der Waals surface area contributed by atoms with Crippen LogP contribution in [0, 0.1) is 0 Å². The van der Waals surface area contributed by atoms with Gasteiger partial charge in [0.15, 0.2) is 0 Å². The third-order valence-corrected chi connectivity index (χ3v) is 3.88. The lowest BCUT2D eigenvalue weighted by atomic mass is 10.0. The molecule has 0 saturated heterocycles. The third-order valence-electron chi connectivity index (χ3n) is 3.88. The largest absolute Gasteiger partial charge is 0.467 e. The molecule has 0 radical (unpaired) electrons. The maximum Gasteiger partial charge on any atom is 0.254 e. The number of hydrogen-bond donors (Lipinski definition) is 2. The number of rotatable bonds is 4. The van der Waals surface area contributed by atoms with E-state index in [-0.39, 0.29) is 18.3 Å². The molecule has 2 aromatic rings. The molecule has 0 spiro atoms. The fourth-order valence-corrected chi connectivity index (χ4v) is 2.78. The van der Waals surface area contributed by atoms with Crippen molar-refractivity contribution < 1.29 is 9.21 Å². The van der Waals surface area contributed by atoms with Crippen LogP contribution in [0.1, 0.15) is 39.6 Å². The van der Waals surface area contributed by atoms with Gasteiger partial charge in [0.1, 0.15) is 12.0 Å². The number of nitrogens with one attached hydrogen (secondary N) is 1. The highest BCUT2D eigenvalue weighted by atomic mass is 35.5. The highest BCUT2D eigenvalue weighted by molar-refractivity contribution is 5.94. The van der Waals surface area contributed by atoms with E-state index >= 15 is 0 Å². The van der Waals surface area contributed by atoms with Crippen LogP contribution in [0.2, 0.25) is 0 Å². The molecular weight excluding hydrogens is 288 g/mol. The van der Waals surface area contributed by atoms with Gasteiger partial charge in [-0.15, -0.1) is 12.4 Å². The molecule has 5 heteroatoms. The minimum Gasteiger partial charge on any atom is -0.467 e. The SMILES string of the molecule is Cl.NCc1cc(C(=O)NCC2CCc3ccccc32)co1. The van der Waals surface area contributed by atoms with Crippen molar-refractivity contribution in [2.24, 2.45) is 5.73 Å². The first-order valence-electron chi connectivity index (χ1n) is 6.91. The summed E-state index contributed by atoms with van der Waals surface area (Å²) in [6.45, 7) is 0.974. The summed E-state index contributed by atoms with van der Waals surface area (Å²) in [4.78, 5) is 12.0. The van der Waals surface area contributed by atoms with E-state index in [1.807, 2.05) is 0 Å². The molecule has 0 bridgehead atoms. The molecule has 0 aliphatic heterocycles. The Morgan fingerprint density at radius 1 is 1.38 bits per heavy atom. The molecule has 1 aromatic heterocycles. The Morgan fingerprint density at radius 3 is 2.95 bits per heavy atom. The molecule has 21 heavy (non-hydrogen) atoms. The van der Waals surface area contributed by atoms with Crippen molar-refractivity contribution in [3.05, 3.63) is 59.0 Å². The van der Waals surface area contributed by atoms with Crippen molar-refractivity contribution in [2.75, 3.05) is 6.54 Å². The number of amides is 1. The molecule has 3 rings (SSSR count). The van der Waals surface area contributed by atoms with Crippen LogP contribution in [0.4, 0.5) is 0 Å². The summed E-state index contributed by atoms with van der Waals surface area (Å²) in [7, 11) is 0. The fraction of sp³-hybridized carbons (Fsp3) is 0.312. The number of fused-ring (bicyclic) bond motifs is 1. The Hall–Kier alpha value is -1.78. The molecule has 1 aliphatic carbocycles. The van der Waals surface area contributed by atoms with Crippen LogP contribution in [0.15, 0.2) is 41.0 Å². The first kappa shape index (κ1) is 15.6. The van der Waals surface area contributed by atoms with Crippen LogP contribution in [-0.4, -0.2) is 12.5 Å². The Bertz CT molecular complexity index is 624. The van der Waals surface area contributed by atoms with E-state index in [1.54, 1.807) is 6.07 Å². The summed E-state index contributed by atoms with van der Waals surface area (Å²) in [6, 6.07) is 10.1. The van der Waals surface area contributed by atoms with Gasteiger partial charge >= 0.3 is 0 Å². The second-order valence-electron chi connectivity index (χ2n) is 5.15. The van der Waals surface area contributed by atoms with Gasteiger partial charge in [-0.3, -0.25) is 4.79 Å². The van der Waals surface area contributed by atoms with Gasteiger partial charge in [-0.05, 0) is 30.0 Å².